The van der Waals surface area contributed by atoms with E-state index in [4.69, 9.17) is 0 Å². The van der Waals surface area contributed by atoms with Gasteiger partial charge >= 0.3 is 0 Å². The summed E-state index contributed by atoms with van der Waals surface area (Å²) in [5.41, 5.74) is 7.56. The molecule has 136 valence electrons. The van der Waals surface area contributed by atoms with Crippen molar-refractivity contribution in [2.75, 3.05) is 0 Å². The van der Waals surface area contributed by atoms with Gasteiger partial charge in [-0.15, -0.1) is 0 Å². The van der Waals surface area contributed by atoms with E-state index in [0.29, 0.717) is 10.0 Å². The fraction of sp³-hybridized carbons (Fsp3) is 0.0909. The van der Waals surface area contributed by atoms with Gasteiger partial charge < -0.3 is 0 Å². The van der Waals surface area contributed by atoms with Gasteiger partial charge in [0.05, 0.1) is 5.56 Å². The van der Waals surface area contributed by atoms with E-state index in [1.807, 2.05) is 66.7 Å². The molecule has 27 heavy (non-hydrogen) atoms. The second-order valence-electron chi connectivity index (χ2n) is 6.06. The molecule has 2 amide bonds. The summed E-state index contributed by atoms with van der Waals surface area (Å²) in [5.74, 6) is -0.715. The smallest absolute Gasteiger partial charge is 0.270 e. The van der Waals surface area contributed by atoms with Gasteiger partial charge in [0.15, 0.2) is 0 Å². The third kappa shape index (κ3) is 5.05. The molecule has 4 nitrogen and oxygen atoms in total. The molecule has 3 aromatic rings. The molecule has 0 spiro atoms. The maximum atomic E-state index is 12.5. The van der Waals surface area contributed by atoms with E-state index in [2.05, 4.69) is 26.8 Å². The minimum Gasteiger partial charge on any atom is -0.273 e. The minimum absolute atomic E-state index is 0.0900. The normalized spacial score (nSPS) is 10.4. The zero-order valence-electron chi connectivity index (χ0n) is 14.6. The van der Waals surface area contributed by atoms with Crippen LogP contribution in [0, 0.1) is 0 Å². The zero-order valence-corrected chi connectivity index (χ0v) is 16.1. The molecule has 0 fully saturated rings. The summed E-state index contributed by atoms with van der Waals surface area (Å²) in [6, 6.07) is 26.8. The molecule has 0 saturated carbocycles. The molecule has 0 aromatic heterocycles. The third-order valence-corrected chi connectivity index (χ3v) is 4.92. The van der Waals surface area contributed by atoms with E-state index in [9.17, 15) is 9.59 Å². The van der Waals surface area contributed by atoms with E-state index >= 15 is 0 Å². The first-order valence-corrected chi connectivity index (χ1v) is 9.38. The molecule has 0 aliphatic heterocycles. The summed E-state index contributed by atoms with van der Waals surface area (Å²) >= 11 is 3.33. The molecule has 0 aliphatic rings. The maximum absolute atomic E-state index is 12.5. The zero-order chi connectivity index (χ0) is 19.1. The van der Waals surface area contributed by atoms with Crippen LogP contribution in [0.4, 0.5) is 0 Å². The van der Waals surface area contributed by atoms with Crippen LogP contribution in [0.5, 0.6) is 0 Å². The van der Waals surface area contributed by atoms with Crippen molar-refractivity contribution in [2.45, 2.75) is 12.3 Å². The van der Waals surface area contributed by atoms with Crippen molar-refractivity contribution in [3.8, 4) is 0 Å². The summed E-state index contributed by atoms with van der Waals surface area (Å²) in [4.78, 5) is 24.7. The van der Waals surface area contributed by atoms with Crippen molar-refractivity contribution in [3.05, 3.63) is 106 Å². The van der Waals surface area contributed by atoms with E-state index in [0.717, 1.165) is 11.1 Å². The highest BCUT2D eigenvalue weighted by Crippen LogP contribution is 2.27. The predicted octanol–water partition coefficient (Wildman–Crippen LogP) is 4.43. The first-order valence-electron chi connectivity index (χ1n) is 8.59. The number of carbonyl (C=O) groups is 2. The minimum atomic E-state index is -0.369. The average Bonchev–Trinajstić information content (AvgIpc) is 2.72. The van der Waals surface area contributed by atoms with Crippen molar-refractivity contribution in [1.29, 1.82) is 0 Å². The van der Waals surface area contributed by atoms with Gasteiger partial charge in [0.2, 0.25) is 5.91 Å². The van der Waals surface area contributed by atoms with Crippen LogP contribution in [0.3, 0.4) is 0 Å². The highest BCUT2D eigenvalue weighted by Gasteiger charge is 2.18. The largest absolute Gasteiger partial charge is 0.273 e. The van der Waals surface area contributed by atoms with Crippen molar-refractivity contribution in [3.63, 3.8) is 0 Å². The number of halogens is 1. The van der Waals surface area contributed by atoms with Gasteiger partial charge in [-0.1, -0.05) is 72.8 Å². The lowest BCUT2D eigenvalue weighted by atomic mass is 9.88. The van der Waals surface area contributed by atoms with Crippen LogP contribution in [0.2, 0.25) is 0 Å². The Bertz CT molecular complexity index is 874. The Balaban J connectivity index is 1.68. The molecule has 3 aromatic carbocycles. The maximum Gasteiger partial charge on any atom is 0.270 e. The average molecular weight is 423 g/mol. The molecule has 3 rings (SSSR count). The quantitative estimate of drug-likeness (QED) is 0.597. The molecular formula is C22H19BrN2O2. The molecule has 2 N–H and O–H groups in total. The molecule has 0 bridgehead atoms. The number of hydrogen-bond donors (Lipinski definition) is 2. The second kappa shape index (κ2) is 9.14. The SMILES string of the molecule is O=C(CC(c1ccccc1)c1ccccc1)NNC(=O)c1ccccc1Br. The Morgan fingerprint density at radius 3 is 1.81 bits per heavy atom. The van der Waals surface area contributed by atoms with Gasteiger partial charge in [0, 0.05) is 16.8 Å². The van der Waals surface area contributed by atoms with Crippen LogP contribution in [0.15, 0.2) is 89.4 Å². The van der Waals surface area contributed by atoms with Crippen LogP contribution < -0.4 is 10.9 Å². The molecule has 0 saturated heterocycles. The summed E-state index contributed by atoms with van der Waals surface area (Å²) in [5, 5.41) is 0. The Labute approximate surface area is 166 Å². The number of carbonyl (C=O) groups excluding carboxylic acids is 2. The van der Waals surface area contributed by atoms with Crippen LogP contribution >= 0.6 is 15.9 Å². The van der Waals surface area contributed by atoms with Gasteiger partial charge in [-0.25, -0.2) is 0 Å². The van der Waals surface area contributed by atoms with E-state index in [-0.39, 0.29) is 24.2 Å². The second-order valence-corrected chi connectivity index (χ2v) is 6.91. The third-order valence-electron chi connectivity index (χ3n) is 4.23. The highest BCUT2D eigenvalue weighted by atomic mass is 79.9. The van der Waals surface area contributed by atoms with E-state index in [1.54, 1.807) is 18.2 Å². The number of hydrogen-bond acceptors (Lipinski definition) is 2. The van der Waals surface area contributed by atoms with Gasteiger partial charge in [-0.3, -0.25) is 20.4 Å². The molecule has 0 heterocycles. The Morgan fingerprint density at radius 1 is 0.741 bits per heavy atom. The van der Waals surface area contributed by atoms with Crippen molar-refractivity contribution < 1.29 is 9.59 Å². The number of rotatable bonds is 5. The summed E-state index contributed by atoms with van der Waals surface area (Å²) in [7, 11) is 0. The Hall–Kier alpha value is -2.92. The van der Waals surface area contributed by atoms with Crippen molar-refractivity contribution >= 4 is 27.7 Å². The number of nitrogens with one attached hydrogen (secondary N) is 2. The lowest BCUT2D eigenvalue weighted by Gasteiger charge is -2.18. The van der Waals surface area contributed by atoms with Crippen molar-refractivity contribution in [2.24, 2.45) is 0 Å². The van der Waals surface area contributed by atoms with Gasteiger partial charge in [0.1, 0.15) is 0 Å². The first kappa shape index (κ1) is 18.9. The van der Waals surface area contributed by atoms with Crippen LogP contribution in [0.25, 0.3) is 0 Å². The summed E-state index contributed by atoms with van der Waals surface area (Å²) in [6.07, 6.45) is 0.226. The molecule has 0 atom stereocenters. The lowest BCUT2D eigenvalue weighted by molar-refractivity contribution is -0.122. The fourth-order valence-corrected chi connectivity index (χ4v) is 3.34. The monoisotopic (exact) mass is 422 g/mol. The fourth-order valence-electron chi connectivity index (χ4n) is 2.87. The number of benzene rings is 3. The standard InChI is InChI=1S/C22H19BrN2O2/c23-20-14-8-7-13-18(20)22(27)25-24-21(26)15-19(16-9-3-1-4-10-16)17-11-5-2-6-12-17/h1-14,19H,15H2,(H,24,26)(H,25,27). The number of hydrazine groups is 1. The van der Waals surface area contributed by atoms with Crippen molar-refractivity contribution in [1.82, 2.24) is 10.9 Å². The van der Waals surface area contributed by atoms with Crippen LogP contribution in [0.1, 0.15) is 33.8 Å². The summed E-state index contributed by atoms with van der Waals surface area (Å²) in [6.45, 7) is 0. The van der Waals surface area contributed by atoms with Crippen LogP contribution in [-0.2, 0) is 4.79 Å². The number of amides is 2. The van der Waals surface area contributed by atoms with Crippen LogP contribution in [-0.4, -0.2) is 11.8 Å². The molecule has 0 radical (unpaired) electrons. The Morgan fingerprint density at radius 2 is 1.26 bits per heavy atom. The lowest BCUT2D eigenvalue weighted by Crippen LogP contribution is -2.42. The van der Waals surface area contributed by atoms with Gasteiger partial charge in [0.25, 0.3) is 5.91 Å². The predicted molar refractivity (Wildman–Crippen MR) is 109 cm³/mol. The Kier molecular flexibility index (Phi) is 6.39. The molecule has 0 unspecified atom stereocenters. The van der Waals surface area contributed by atoms with E-state index < -0.39 is 0 Å². The van der Waals surface area contributed by atoms with Gasteiger partial charge in [-0.2, -0.15) is 0 Å². The summed E-state index contributed by atoms with van der Waals surface area (Å²) < 4.78 is 0.670. The topological polar surface area (TPSA) is 58.2 Å². The van der Waals surface area contributed by atoms with Gasteiger partial charge in [-0.05, 0) is 39.2 Å². The highest BCUT2D eigenvalue weighted by molar-refractivity contribution is 9.10. The molecule has 0 aliphatic carbocycles. The molecule has 5 heteroatoms. The molecular weight excluding hydrogens is 404 g/mol. The first-order chi connectivity index (χ1) is 13.1. The van der Waals surface area contributed by atoms with E-state index in [1.165, 1.54) is 0 Å².